The van der Waals surface area contributed by atoms with Gasteiger partial charge in [0.2, 0.25) is 0 Å². The highest BCUT2D eigenvalue weighted by Gasteiger charge is 1.96. The summed E-state index contributed by atoms with van der Waals surface area (Å²) >= 11 is 1.59. The molecular formula is C10H12FNS. The summed E-state index contributed by atoms with van der Waals surface area (Å²) < 4.78 is 12.1. The second kappa shape index (κ2) is 5.78. The number of thioether (sulfide) groups is 1. The highest BCUT2D eigenvalue weighted by molar-refractivity contribution is 7.99. The van der Waals surface area contributed by atoms with E-state index in [9.17, 15) is 4.39 Å². The van der Waals surface area contributed by atoms with Crippen LogP contribution in [0.1, 0.15) is 0 Å². The molecule has 0 atom stereocenters. The van der Waals surface area contributed by atoms with Crippen LogP contribution in [0.3, 0.4) is 0 Å². The lowest BCUT2D eigenvalue weighted by Crippen LogP contribution is -2.04. The van der Waals surface area contributed by atoms with Gasteiger partial charge in [0.25, 0.3) is 0 Å². The largest absolute Gasteiger partial charge is 0.327 e. The summed E-state index contributed by atoms with van der Waals surface area (Å²) in [4.78, 5) is 1.13. The number of hydrogen-bond acceptors (Lipinski definition) is 2. The topological polar surface area (TPSA) is 26.0 Å². The van der Waals surface area contributed by atoms with Crippen molar-refractivity contribution in [2.75, 3.05) is 12.3 Å². The minimum Gasteiger partial charge on any atom is -0.327 e. The minimum atomic E-state index is 0.288. The van der Waals surface area contributed by atoms with E-state index in [1.807, 2.05) is 30.3 Å². The third-order valence-electron chi connectivity index (χ3n) is 1.58. The lowest BCUT2D eigenvalue weighted by Gasteiger charge is -2.01. The van der Waals surface area contributed by atoms with Crippen LogP contribution in [0.2, 0.25) is 0 Å². The summed E-state index contributed by atoms with van der Waals surface area (Å²) in [5, 5.41) is 0. The van der Waals surface area contributed by atoms with Crippen LogP contribution in [-0.2, 0) is 0 Å². The van der Waals surface area contributed by atoms with E-state index in [2.05, 4.69) is 0 Å². The van der Waals surface area contributed by atoms with Gasteiger partial charge in [-0.15, -0.1) is 11.8 Å². The molecule has 3 heteroatoms. The second-order valence-corrected chi connectivity index (χ2v) is 3.62. The zero-order chi connectivity index (χ0) is 9.52. The molecule has 0 saturated heterocycles. The van der Waals surface area contributed by atoms with Crippen molar-refractivity contribution in [1.29, 1.82) is 0 Å². The van der Waals surface area contributed by atoms with E-state index < -0.39 is 0 Å². The van der Waals surface area contributed by atoms with Gasteiger partial charge in [-0.1, -0.05) is 18.2 Å². The molecule has 0 aliphatic rings. The Morgan fingerprint density at radius 3 is 2.62 bits per heavy atom. The molecule has 0 saturated carbocycles. The fourth-order valence-electron chi connectivity index (χ4n) is 0.828. The fourth-order valence-corrected chi connectivity index (χ4v) is 1.71. The van der Waals surface area contributed by atoms with E-state index in [1.165, 1.54) is 0 Å². The zero-order valence-corrected chi connectivity index (χ0v) is 8.06. The third-order valence-corrected chi connectivity index (χ3v) is 2.70. The van der Waals surface area contributed by atoms with Gasteiger partial charge >= 0.3 is 0 Å². The van der Waals surface area contributed by atoms with Crippen molar-refractivity contribution < 1.29 is 4.39 Å². The molecule has 70 valence electrons. The Hall–Kier alpha value is -0.800. The molecule has 0 fully saturated rings. The molecule has 0 spiro atoms. The van der Waals surface area contributed by atoms with E-state index in [0.717, 1.165) is 4.90 Å². The first-order valence-electron chi connectivity index (χ1n) is 4.03. The predicted molar refractivity (Wildman–Crippen MR) is 55.4 cm³/mol. The standard InChI is InChI=1S/C10H12FNS/c11-6-9(7-12)8-13-10-4-2-1-3-5-10/h1-6H,7-8,12H2. The predicted octanol–water partition coefficient (Wildman–Crippen LogP) is 2.59. The van der Waals surface area contributed by atoms with Crippen LogP contribution < -0.4 is 5.73 Å². The summed E-state index contributed by atoms with van der Waals surface area (Å²) in [5.74, 6) is 0.622. The average molecular weight is 197 g/mol. The van der Waals surface area contributed by atoms with Crippen molar-refractivity contribution in [3.63, 3.8) is 0 Å². The molecule has 0 amide bonds. The Morgan fingerprint density at radius 1 is 1.38 bits per heavy atom. The van der Waals surface area contributed by atoms with Crippen LogP contribution in [-0.4, -0.2) is 12.3 Å². The van der Waals surface area contributed by atoms with Gasteiger partial charge in [0.1, 0.15) is 0 Å². The molecule has 1 aromatic rings. The van der Waals surface area contributed by atoms with Crippen LogP contribution in [0, 0.1) is 0 Å². The van der Waals surface area contributed by atoms with Gasteiger partial charge in [0, 0.05) is 17.2 Å². The molecule has 1 nitrogen and oxygen atoms in total. The number of benzene rings is 1. The molecular weight excluding hydrogens is 185 g/mol. The quantitative estimate of drug-likeness (QED) is 0.751. The zero-order valence-electron chi connectivity index (χ0n) is 7.24. The normalized spacial score (nSPS) is 11.7. The van der Waals surface area contributed by atoms with Gasteiger partial charge in [-0.05, 0) is 17.7 Å². The Morgan fingerprint density at radius 2 is 2.08 bits per heavy atom. The summed E-state index contributed by atoms with van der Waals surface area (Å²) in [6, 6.07) is 9.88. The monoisotopic (exact) mass is 197 g/mol. The second-order valence-electron chi connectivity index (χ2n) is 2.57. The minimum absolute atomic E-state index is 0.288. The van der Waals surface area contributed by atoms with Crippen LogP contribution in [0.25, 0.3) is 0 Å². The first kappa shape index (κ1) is 10.3. The number of hydrogen-bond donors (Lipinski definition) is 1. The van der Waals surface area contributed by atoms with Crippen LogP contribution >= 0.6 is 11.8 Å². The highest BCUT2D eigenvalue weighted by atomic mass is 32.2. The smallest absolute Gasteiger partial charge is 0.0880 e. The van der Waals surface area contributed by atoms with Crippen LogP contribution in [0.4, 0.5) is 4.39 Å². The molecule has 0 bridgehead atoms. The van der Waals surface area contributed by atoms with Gasteiger partial charge in [-0.2, -0.15) is 0 Å². The van der Waals surface area contributed by atoms with Gasteiger partial charge < -0.3 is 5.73 Å². The summed E-state index contributed by atoms with van der Waals surface area (Å²) in [6.45, 7) is 0.288. The van der Waals surface area contributed by atoms with Crippen molar-refractivity contribution in [2.24, 2.45) is 5.73 Å². The van der Waals surface area contributed by atoms with Gasteiger partial charge in [0.15, 0.2) is 0 Å². The van der Waals surface area contributed by atoms with E-state index in [1.54, 1.807) is 11.8 Å². The lowest BCUT2D eigenvalue weighted by atomic mass is 10.3. The Bertz CT molecular complexity index is 272. The first-order valence-corrected chi connectivity index (χ1v) is 5.01. The first-order chi connectivity index (χ1) is 6.36. The maximum absolute atomic E-state index is 12.1. The van der Waals surface area contributed by atoms with Crippen molar-refractivity contribution in [3.05, 3.63) is 42.2 Å². The molecule has 0 radical (unpaired) electrons. The Labute approximate surface area is 81.8 Å². The van der Waals surface area contributed by atoms with Crippen LogP contribution in [0.15, 0.2) is 47.1 Å². The average Bonchev–Trinajstić information content (AvgIpc) is 2.21. The van der Waals surface area contributed by atoms with E-state index in [-0.39, 0.29) is 6.54 Å². The highest BCUT2D eigenvalue weighted by Crippen LogP contribution is 2.19. The van der Waals surface area contributed by atoms with Gasteiger partial charge in [-0.3, -0.25) is 0 Å². The molecule has 2 N–H and O–H groups in total. The lowest BCUT2D eigenvalue weighted by molar-refractivity contribution is 0.706. The fraction of sp³-hybridized carbons (Fsp3) is 0.200. The van der Waals surface area contributed by atoms with Crippen LogP contribution in [0.5, 0.6) is 0 Å². The Balaban J connectivity index is 2.43. The van der Waals surface area contributed by atoms with E-state index in [4.69, 9.17) is 5.73 Å². The third kappa shape index (κ3) is 3.61. The van der Waals surface area contributed by atoms with Gasteiger partial charge in [0.05, 0.1) is 6.33 Å². The van der Waals surface area contributed by atoms with Crippen molar-refractivity contribution in [1.82, 2.24) is 0 Å². The molecule has 13 heavy (non-hydrogen) atoms. The molecule has 0 heterocycles. The molecule has 1 aromatic carbocycles. The van der Waals surface area contributed by atoms with Gasteiger partial charge in [-0.25, -0.2) is 4.39 Å². The van der Waals surface area contributed by atoms with Crippen molar-refractivity contribution in [3.8, 4) is 0 Å². The molecule has 1 rings (SSSR count). The summed E-state index contributed by atoms with van der Waals surface area (Å²) in [5.41, 5.74) is 5.96. The molecule has 0 aliphatic carbocycles. The van der Waals surface area contributed by atoms with Crippen molar-refractivity contribution >= 4 is 11.8 Å². The van der Waals surface area contributed by atoms with E-state index >= 15 is 0 Å². The molecule has 0 aromatic heterocycles. The maximum atomic E-state index is 12.1. The number of nitrogens with two attached hydrogens (primary N) is 1. The maximum Gasteiger partial charge on any atom is 0.0880 e. The van der Waals surface area contributed by atoms with E-state index in [0.29, 0.717) is 17.7 Å². The Kier molecular flexibility index (Phi) is 4.57. The summed E-state index contributed by atoms with van der Waals surface area (Å²) in [7, 11) is 0. The summed E-state index contributed by atoms with van der Waals surface area (Å²) in [6.07, 6.45) is 0.593. The molecule has 0 unspecified atom stereocenters. The number of halogens is 1. The van der Waals surface area contributed by atoms with Crippen molar-refractivity contribution in [2.45, 2.75) is 4.90 Å². The molecule has 0 aliphatic heterocycles. The number of rotatable bonds is 4. The SMILES string of the molecule is NCC(=CF)CSc1ccccc1.